The van der Waals surface area contributed by atoms with E-state index in [2.05, 4.69) is 23.7 Å². The molecule has 1 aromatic heterocycles. The van der Waals surface area contributed by atoms with Crippen LogP contribution in [0.4, 0.5) is 0 Å². The first-order valence-electron chi connectivity index (χ1n) is 5.18. The third-order valence-electron chi connectivity index (χ3n) is 2.87. The monoisotopic (exact) mass is 211 g/mol. The van der Waals surface area contributed by atoms with Gasteiger partial charge in [0.2, 0.25) is 0 Å². The minimum atomic E-state index is -0.168. The second-order valence-electron chi connectivity index (χ2n) is 4.09. The molecular weight excluding hydrogens is 194 g/mol. The van der Waals surface area contributed by atoms with Crippen LogP contribution in [0.15, 0.2) is 11.4 Å². The van der Waals surface area contributed by atoms with E-state index in [-0.39, 0.29) is 6.10 Å². The van der Waals surface area contributed by atoms with Crippen LogP contribution in [0.1, 0.15) is 16.9 Å². The van der Waals surface area contributed by atoms with E-state index in [0.29, 0.717) is 5.92 Å². The Kier molecular flexibility index (Phi) is 3.21. The molecule has 1 aliphatic heterocycles. The average molecular weight is 211 g/mol. The molecule has 1 saturated heterocycles. The van der Waals surface area contributed by atoms with Gasteiger partial charge in [0.05, 0.1) is 6.10 Å². The van der Waals surface area contributed by atoms with Crippen molar-refractivity contribution in [3.8, 4) is 0 Å². The van der Waals surface area contributed by atoms with Gasteiger partial charge in [-0.1, -0.05) is 0 Å². The highest BCUT2D eigenvalue weighted by Gasteiger charge is 2.22. The molecule has 0 spiro atoms. The van der Waals surface area contributed by atoms with Crippen LogP contribution in [-0.4, -0.2) is 24.3 Å². The molecule has 2 N–H and O–H groups in total. The van der Waals surface area contributed by atoms with E-state index >= 15 is 0 Å². The van der Waals surface area contributed by atoms with Crippen LogP contribution < -0.4 is 5.32 Å². The molecule has 1 aliphatic rings. The topological polar surface area (TPSA) is 32.3 Å². The molecule has 0 bridgehead atoms. The number of hydrogen-bond donors (Lipinski definition) is 2. The van der Waals surface area contributed by atoms with Crippen molar-refractivity contribution in [1.82, 2.24) is 5.32 Å². The highest BCUT2D eigenvalue weighted by molar-refractivity contribution is 7.10. The SMILES string of the molecule is Cc1cc(CC(O)[C@H]2CCNC2)cs1. The maximum atomic E-state index is 9.98. The number of rotatable bonds is 3. The van der Waals surface area contributed by atoms with Gasteiger partial charge in [0.25, 0.3) is 0 Å². The predicted molar refractivity (Wildman–Crippen MR) is 59.7 cm³/mol. The average Bonchev–Trinajstić information content (AvgIpc) is 2.75. The van der Waals surface area contributed by atoms with Crippen molar-refractivity contribution in [2.75, 3.05) is 13.1 Å². The van der Waals surface area contributed by atoms with Gasteiger partial charge in [-0.3, -0.25) is 0 Å². The third kappa shape index (κ3) is 2.35. The van der Waals surface area contributed by atoms with E-state index in [0.717, 1.165) is 25.9 Å². The quantitative estimate of drug-likeness (QED) is 0.795. The molecule has 2 rings (SSSR count). The molecule has 2 atom stereocenters. The third-order valence-corrected chi connectivity index (χ3v) is 3.78. The normalized spacial score (nSPS) is 24.0. The lowest BCUT2D eigenvalue weighted by Gasteiger charge is -2.15. The van der Waals surface area contributed by atoms with Crippen LogP contribution in [-0.2, 0) is 6.42 Å². The number of thiophene rings is 1. The maximum Gasteiger partial charge on any atom is 0.0621 e. The predicted octanol–water partition coefficient (Wildman–Crippen LogP) is 1.57. The van der Waals surface area contributed by atoms with E-state index in [1.807, 2.05) is 0 Å². The van der Waals surface area contributed by atoms with Crippen molar-refractivity contribution in [1.29, 1.82) is 0 Å². The fourth-order valence-electron chi connectivity index (χ4n) is 2.02. The summed E-state index contributed by atoms with van der Waals surface area (Å²) in [7, 11) is 0. The summed E-state index contributed by atoms with van der Waals surface area (Å²) in [6, 6.07) is 2.18. The molecule has 78 valence electrons. The molecule has 0 radical (unpaired) electrons. The lowest BCUT2D eigenvalue weighted by atomic mass is 9.96. The van der Waals surface area contributed by atoms with E-state index < -0.39 is 0 Å². The Hall–Kier alpha value is -0.380. The van der Waals surface area contributed by atoms with E-state index in [1.165, 1.54) is 10.4 Å². The Morgan fingerprint density at radius 2 is 2.57 bits per heavy atom. The Balaban J connectivity index is 1.90. The Morgan fingerprint density at radius 3 is 3.14 bits per heavy atom. The highest BCUT2D eigenvalue weighted by atomic mass is 32.1. The molecule has 0 aliphatic carbocycles. The number of aliphatic hydroxyl groups is 1. The van der Waals surface area contributed by atoms with Crippen molar-refractivity contribution in [3.63, 3.8) is 0 Å². The summed E-state index contributed by atoms with van der Waals surface area (Å²) in [6.45, 7) is 4.15. The van der Waals surface area contributed by atoms with Gasteiger partial charge in [-0.15, -0.1) is 11.3 Å². The first kappa shape index (κ1) is 10.1. The van der Waals surface area contributed by atoms with Crippen LogP contribution in [0.3, 0.4) is 0 Å². The van der Waals surface area contributed by atoms with Gasteiger partial charge in [-0.2, -0.15) is 0 Å². The van der Waals surface area contributed by atoms with Crippen LogP contribution >= 0.6 is 11.3 Å². The smallest absolute Gasteiger partial charge is 0.0621 e. The van der Waals surface area contributed by atoms with Crippen LogP contribution in [0.25, 0.3) is 0 Å². The largest absolute Gasteiger partial charge is 0.392 e. The van der Waals surface area contributed by atoms with Gasteiger partial charge in [0.1, 0.15) is 0 Å². The number of hydrogen-bond acceptors (Lipinski definition) is 3. The second-order valence-corrected chi connectivity index (χ2v) is 5.21. The molecular formula is C11H17NOS. The molecule has 0 saturated carbocycles. The fraction of sp³-hybridized carbons (Fsp3) is 0.636. The molecule has 2 nitrogen and oxygen atoms in total. The minimum Gasteiger partial charge on any atom is -0.392 e. The summed E-state index contributed by atoms with van der Waals surface area (Å²) in [5.41, 5.74) is 1.28. The molecule has 14 heavy (non-hydrogen) atoms. The van der Waals surface area contributed by atoms with E-state index in [1.54, 1.807) is 11.3 Å². The molecule has 2 heterocycles. The molecule has 0 aromatic carbocycles. The van der Waals surface area contributed by atoms with Crippen molar-refractivity contribution >= 4 is 11.3 Å². The Bertz CT molecular complexity index is 291. The molecule has 1 fully saturated rings. The number of aliphatic hydroxyl groups excluding tert-OH is 1. The first-order chi connectivity index (χ1) is 6.75. The van der Waals surface area contributed by atoms with Gasteiger partial charge in [0, 0.05) is 11.4 Å². The highest BCUT2D eigenvalue weighted by Crippen LogP contribution is 2.20. The van der Waals surface area contributed by atoms with Crippen molar-refractivity contribution in [2.24, 2.45) is 5.92 Å². The van der Waals surface area contributed by atoms with E-state index in [9.17, 15) is 5.11 Å². The van der Waals surface area contributed by atoms with Crippen molar-refractivity contribution < 1.29 is 5.11 Å². The van der Waals surface area contributed by atoms with Crippen molar-refractivity contribution in [3.05, 3.63) is 21.9 Å². The van der Waals surface area contributed by atoms with Gasteiger partial charge >= 0.3 is 0 Å². The van der Waals surface area contributed by atoms with Gasteiger partial charge in [0.15, 0.2) is 0 Å². The van der Waals surface area contributed by atoms with Crippen LogP contribution in [0.2, 0.25) is 0 Å². The summed E-state index contributed by atoms with van der Waals surface area (Å²) in [5, 5.41) is 15.4. The summed E-state index contributed by atoms with van der Waals surface area (Å²) in [5.74, 6) is 0.454. The summed E-state index contributed by atoms with van der Waals surface area (Å²) in [4.78, 5) is 1.33. The Labute approximate surface area is 89.0 Å². The maximum absolute atomic E-state index is 9.98. The zero-order chi connectivity index (χ0) is 9.97. The van der Waals surface area contributed by atoms with Crippen LogP contribution in [0.5, 0.6) is 0 Å². The standard InChI is InChI=1S/C11H17NOS/c1-8-4-9(7-14-8)5-11(13)10-2-3-12-6-10/h4,7,10-13H,2-3,5-6H2,1H3/t10-,11?/m0/s1. The zero-order valence-electron chi connectivity index (χ0n) is 8.49. The van der Waals surface area contributed by atoms with Crippen molar-refractivity contribution in [2.45, 2.75) is 25.9 Å². The van der Waals surface area contributed by atoms with E-state index in [4.69, 9.17) is 0 Å². The fourth-order valence-corrected chi connectivity index (χ4v) is 2.74. The lowest BCUT2D eigenvalue weighted by molar-refractivity contribution is 0.117. The minimum absolute atomic E-state index is 0.168. The number of aryl methyl sites for hydroxylation is 1. The lowest BCUT2D eigenvalue weighted by Crippen LogP contribution is -2.24. The van der Waals surface area contributed by atoms with Gasteiger partial charge in [-0.05, 0) is 49.2 Å². The molecule has 3 heteroatoms. The first-order valence-corrected chi connectivity index (χ1v) is 6.06. The summed E-state index contributed by atoms with van der Waals surface area (Å²) >= 11 is 1.76. The molecule has 0 amide bonds. The van der Waals surface area contributed by atoms with Gasteiger partial charge < -0.3 is 10.4 Å². The Morgan fingerprint density at radius 1 is 1.71 bits per heavy atom. The summed E-state index contributed by atoms with van der Waals surface area (Å²) in [6.07, 6.45) is 1.76. The molecule has 1 unspecified atom stereocenters. The zero-order valence-corrected chi connectivity index (χ0v) is 9.31. The number of nitrogens with one attached hydrogen (secondary N) is 1. The van der Waals surface area contributed by atoms with Crippen LogP contribution in [0, 0.1) is 12.8 Å². The second kappa shape index (κ2) is 4.43. The molecule has 1 aromatic rings. The summed E-state index contributed by atoms with van der Waals surface area (Å²) < 4.78 is 0. The van der Waals surface area contributed by atoms with Gasteiger partial charge in [-0.25, -0.2) is 0 Å².